The van der Waals surface area contributed by atoms with Crippen molar-refractivity contribution in [2.24, 2.45) is 5.92 Å². The highest BCUT2D eigenvalue weighted by atomic mass is 79.9. The summed E-state index contributed by atoms with van der Waals surface area (Å²) < 4.78 is 1.26. The summed E-state index contributed by atoms with van der Waals surface area (Å²) in [5.74, 6) is 0.911. The van der Waals surface area contributed by atoms with Crippen molar-refractivity contribution in [2.75, 3.05) is 6.54 Å². The Bertz CT molecular complexity index is 371. The van der Waals surface area contributed by atoms with Gasteiger partial charge in [0.1, 0.15) is 0 Å². The molecule has 1 atom stereocenters. The summed E-state index contributed by atoms with van der Waals surface area (Å²) in [5, 5.41) is 3.79. The Morgan fingerprint density at radius 3 is 2.68 bits per heavy atom. The lowest BCUT2D eigenvalue weighted by atomic mass is 9.92. The first kappa shape index (κ1) is 15.1. The number of nitrogens with one attached hydrogen (secondary N) is 1. The van der Waals surface area contributed by atoms with Crippen molar-refractivity contribution in [1.82, 2.24) is 5.32 Å². The molecular formula is C17H26BrN. The molecule has 1 fully saturated rings. The van der Waals surface area contributed by atoms with Crippen LogP contribution in [0.1, 0.15) is 51.0 Å². The minimum Gasteiger partial charge on any atom is -0.314 e. The van der Waals surface area contributed by atoms with Gasteiger partial charge in [-0.25, -0.2) is 0 Å². The molecule has 1 nitrogen and oxygen atoms in total. The van der Waals surface area contributed by atoms with Crippen LogP contribution < -0.4 is 5.32 Å². The predicted octanol–water partition coefficient (Wildman–Crippen LogP) is 4.94. The van der Waals surface area contributed by atoms with Crippen LogP contribution in [-0.2, 0) is 6.42 Å². The van der Waals surface area contributed by atoms with E-state index in [9.17, 15) is 0 Å². The Hall–Kier alpha value is -0.340. The van der Waals surface area contributed by atoms with Gasteiger partial charge in [0, 0.05) is 10.5 Å². The van der Waals surface area contributed by atoms with Gasteiger partial charge in [0.2, 0.25) is 0 Å². The zero-order valence-corrected chi connectivity index (χ0v) is 13.6. The van der Waals surface area contributed by atoms with Gasteiger partial charge >= 0.3 is 0 Å². The molecular weight excluding hydrogens is 298 g/mol. The summed E-state index contributed by atoms with van der Waals surface area (Å²) in [5.41, 5.74) is 1.45. The number of hydrogen-bond acceptors (Lipinski definition) is 1. The Labute approximate surface area is 126 Å². The maximum Gasteiger partial charge on any atom is 0.0207 e. The van der Waals surface area contributed by atoms with Gasteiger partial charge in [0.05, 0.1) is 0 Å². The lowest BCUT2D eigenvalue weighted by Crippen LogP contribution is -2.36. The van der Waals surface area contributed by atoms with Crippen molar-refractivity contribution in [1.29, 1.82) is 0 Å². The largest absolute Gasteiger partial charge is 0.314 e. The molecule has 0 bridgehead atoms. The van der Waals surface area contributed by atoms with Crippen LogP contribution in [0.3, 0.4) is 0 Å². The van der Waals surface area contributed by atoms with Gasteiger partial charge in [0.15, 0.2) is 0 Å². The summed E-state index contributed by atoms with van der Waals surface area (Å²) in [4.78, 5) is 0. The van der Waals surface area contributed by atoms with E-state index in [0.717, 1.165) is 18.5 Å². The third-order valence-electron chi connectivity index (χ3n) is 4.31. The van der Waals surface area contributed by atoms with Gasteiger partial charge in [0.25, 0.3) is 0 Å². The lowest BCUT2D eigenvalue weighted by Gasteiger charge is -2.25. The lowest BCUT2D eigenvalue weighted by molar-refractivity contribution is 0.340. The summed E-state index contributed by atoms with van der Waals surface area (Å²) in [6.45, 7) is 3.42. The fourth-order valence-electron chi connectivity index (χ4n) is 3.21. The third-order valence-corrected chi connectivity index (χ3v) is 5.08. The van der Waals surface area contributed by atoms with E-state index in [1.807, 2.05) is 0 Å². The normalized spacial score (nSPS) is 17.8. The van der Waals surface area contributed by atoms with Crippen molar-refractivity contribution in [3.8, 4) is 0 Å². The van der Waals surface area contributed by atoms with Crippen molar-refractivity contribution in [2.45, 2.75) is 57.9 Å². The van der Waals surface area contributed by atoms with Crippen molar-refractivity contribution < 1.29 is 0 Å². The Balaban J connectivity index is 1.90. The standard InChI is InChI=1S/C17H26BrN/c1-2-13-19-17(15-8-3-4-9-15)12-11-14-7-5-6-10-16(14)18/h5-7,10,15,17,19H,2-4,8-9,11-13H2,1H3. The van der Waals surface area contributed by atoms with Crippen molar-refractivity contribution >= 4 is 15.9 Å². The number of halogens is 1. The molecule has 0 radical (unpaired) electrons. The van der Waals surface area contributed by atoms with Gasteiger partial charge in [-0.3, -0.25) is 0 Å². The molecule has 1 aromatic carbocycles. The molecule has 0 heterocycles. The molecule has 0 aromatic heterocycles. The van der Waals surface area contributed by atoms with Crippen LogP contribution in [0.5, 0.6) is 0 Å². The average Bonchev–Trinajstić information content (AvgIpc) is 2.94. The van der Waals surface area contributed by atoms with Gasteiger partial charge in [-0.05, 0) is 56.2 Å². The fraction of sp³-hybridized carbons (Fsp3) is 0.647. The number of benzene rings is 1. The molecule has 2 rings (SSSR count). The van der Waals surface area contributed by atoms with Crippen LogP contribution >= 0.6 is 15.9 Å². The minimum atomic E-state index is 0.717. The Kier molecular flexibility index (Phi) is 6.39. The third kappa shape index (κ3) is 4.61. The molecule has 0 spiro atoms. The van der Waals surface area contributed by atoms with E-state index in [4.69, 9.17) is 0 Å². The zero-order valence-electron chi connectivity index (χ0n) is 12.0. The quantitative estimate of drug-likeness (QED) is 0.749. The summed E-state index contributed by atoms with van der Waals surface area (Å²) >= 11 is 3.66. The van der Waals surface area contributed by atoms with E-state index in [0.29, 0.717) is 0 Å². The van der Waals surface area contributed by atoms with Crippen molar-refractivity contribution in [3.63, 3.8) is 0 Å². The molecule has 0 saturated heterocycles. The van der Waals surface area contributed by atoms with Crippen LogP contribution in [0.2, 0.25) is 0 Å². The zero-order chi connectivity index (χ0) is 13.5. The maximum absolute atomic E-state index is 3.79. The topological polar surface area (TPSA) is 12.0 Å². The molecule has 1 aliphatic rings. The van der Waals surface area contributed by atoms with Crippen LogP contribution in [0, 0.1) is 5.92 Å². The van der Waals surface area contributed by atoms with E-state index < -0.39 is 0 Å². The van der Waals surface area contributed by atoms with Crippen molar-refractivity contribution in [3.05, 3.63) is 34.3 Å². The Morgan fingerprint density at radius 1 is 1.26 bits per heavy atom. The van der Waals surface area contributed by atoms with Crippen LogP contribution in [0.25, 0.3) is 0 Å². The van der Waals surface area contributed by atoms with Gasteiger partial charge in [-0.2, -0.15) is 0 Å². The van der Waals surface area contributed by atoms with Crippen LogP contribution in [-0.4, -0.2) is 12.6 Å². The predicted molar refractivity (Wildman–Crippen MR) is 86.5 cm³/mol. The second-order valence-electron chi connectivity index (χ2n) is 5.74. The van der Waals surface area contributed by atoms with Crippen LogP contribution in [0.15, 0.2) is 28.7 Å². The molecule has 1 aliphatic carbocycles. The molecule has 0 amide bonds. The van der Waals surface area contributed by atoms with E-state index in [-0.39, 0.29) is 0 Å². The van der Waals surface area contributed by atoms with Crippen LogP contribution in [0.4, 0.5) is 0 Å². The maximum atomic E-state index is 3.79. The SMILES string of the molecule is CCCNC(CCc1ccccc1Br)C1CCCC1. The molecule has 19 heavy (non-hydrogen) atoms. The monoisotopic (exact) mass is 323 g/mol. The average molecular weight is 324 g/mol. The van der Waals surface area contributed by atoms with E-state index >= 15 is 0 Å². The molecule has 1 saturated carbocycles. The molecule has 1 N–H and O–H groups in total. The van der Waals surface area contributed by atoms with Gasteiger partial charge in [-0.1, -0.05) is 53.9 Å². The second kappa shape index (κ2) is 8.06. The molecule has 2 heteroatoms. The smallest absolute Gasteiger partial charge is 0.0207 e. The highest BCUT2D eigenvalue weighted by Gasteiger charge is 2.24. The minimum absolute atomic E-state index is 0.717. The number of rotatable bonds is 7. The van der Waals surface area contributed by atoms with E-state index in [1.54, 1.807) is 0 Å². The molecule has 1 unspecified atom stereocenters. The first-order valence-corrected chi connectivity index (χ1v) is 8.57. The molecule has 0 aliphatic heterocycles. The van der Waals surface area contributed by atoms with E-state index in [2.05, 4.69) is 52.4 Å². The highest BCUT2D eigenvalue weighted by molar-refractivity contribution is 9.10. The first-order chi connectivity index (χ1) is 9.31. The molecule has 1 aromatic rings. The highest BCUT2D eigenvalue weighted by Crippen LogP contribution is 2.30. The second-order valence-corrected chi connectivity index (χ2v) is 6.59. The van der Waals surface area contributed by atoms with E-state index in [1.165, 1.54) is 55.0 Å². The number of hydrogen-bond donors (Lipinski definition) is 1. The molecule has 106 valence electrons. The van der Waals surface area contributed by atoms with Gasteiger partial charge < -0.3 is 5.32 Å². The fourth-order valence-corrected chi connectivity index (χ4v) is 3.69. The first-order valence-electron chi connectivity index (χ1n) is 7.78. The summed E-state index contributed by atoms with van der Waals surface area (Å²) in [6.07, 6.45) is 9.41. The number of aryl methyl sites for hydroxylation is 1. The van der Waals surface area contributed by atoms with Gasteiger partial charge in [-0.15, -0.1) is 0 Å². The summed E-state index contributed by atoms with van der Waals surface area (Å²) in [6, 6.07) is 9.35. The Morgan fingerprint density at radius 2 is 2.00 bits per heavy atom. The summed E-state index contributed by atoms with van der Waals surface area (Å²) in [7, 11) is 0.